The Balaban J connectivity index is 1.51. The highest BCUT2D eigenvalue weighted by Crippen LogP contribution is 2.66. The number of hydrogen-bond donors (Lipinski definition) is 1. The molecule has 5 rings (SSSR count). The highest BCUT2D eigenvalue weighted by Gasteiger charge is 2.63. The minimum Gasteiger partial charge on any atom is -0.374 e. The second-order valence-electron chi connectivity index (χ2n) is 8.96. The third-order valence-corrected chi connectivity index (χ3v) is 8.30. The van der Waals surface area contributed by atoms with E-state index in [0.29, 0.717) is 5.41 Å². The molecule has 1 N–H and O–H groups in total. The summed E-state index contributed by atoms with van der Waals surface area (Å²) >= 11 is 0. The fourth-order valence-corrected chi connectivity index (χ4v) is 7.12. The average Bonchev–Trinajstić information content (AvgIpc) is 3.14. The van der Waals surface area contributed by atoms with Crippen LogP contribution in [0.4, 0.5) is 0 Å². The van der Waals surface area contributed by atoms with Gasteiger partial charge in [-0.05, 0) is 92.1 Å². The zero-order valence-electron chi connectivity index (χ0n) is 14.3. The van der Waals surface area contributed by atoms with Crippen LogP contribution in [0.25, 0.3) is 0 Å². The van der Waals surface area contributed by atoms with Gasteiger partial charge >= 0.3 is 0 Å². The van der Waals surface area contributed by atoms with Gasteiger partial charge in [0.1, 0.15) is 0 Å². The third-order valence-electron chi connectivity index (χ3n) is 8.30. The molecule has 3 fully saturated rings. The summed E-state index contributed by atoms with van der Waals surface area (Å²) in [7, 11) is 0. The van der Waals surface area contributed by atoms with Crippen LogP contribution < -0.4 is 0 Å². The fraction of sp³-hybridized carbons (Fsp3) is 0.762. The Bertz CT molecular complexity index is 597. The van der Waals surface area contributed by atoms with E-state index in [9.17, 15) is 0 Å². The first-order valence-corrected chi connectivity index (χ1v) is 9.74. The van der Waals surface area contributed by atoms with Crippen LogP contribution in [0.15, 0.2) is 23.8 Å². The highest BCUT2D eigenvalue weighted by atomic mass is 16.5. The van der Waals surface area contributed by atoms with E-state index in [2.05, 4.69) is 25.2 Å². The smallest absolute Gasteiger partial charge is 0.0739 e. The molecule has 124 valence electrons. The molecule has 4 aliphatic carbocycles. The molecule has 1 heterocycles. The monoisotopic (exact) mass is 311 g/mol. The SMILES string of the molecule is C[C@]12CCC3C(C=CC4=CC(=N)CC[C@@H]43)C1CC[C@@]21CCCO1. The van der Waals surface area contributed by atoms with E-state index >= 15 is 0 Å². The molecule has 1 aliphatic heterocycles. The molecule has 0 aromatic rings. The van der Waals surface area contributed by atoms with Crippen LogP contribution in [0.5, 0.6) is 0 Å². The van der Waals surface area contributed by atoms with Crippen molar-refractivity contribution in [2.75, 3.05) is 6.61 Å². The molecule has 1 saturated heterocycles. The van der Waals surface area contributed by atoms with Crippen molar-refractivity contribution < 1.29 is 4.74 Å². The Kier molecular flexibility index (Phi) is 3.03. The lowest BCUT2D eigenvalue weighted by Crippen LogP contribution is -2.51. The second kappa shape index (κ2) is 4.81. The van der Waals surface area contributed by atoms with Gasteiger partial charge in [-0.2, -0.15) is 0 Å². The fourth-order valence-electron chi connectivity index (χ4n) is 7.12. The van der Waals surface area contributed by atoms with Crippen molar-refractivity contribution in [3.63, 3.8) is 0 Å². The Morgan fingerprint density at radius 1 is 1.17 bits per heavy atom. The van der Waals surface area contributed by atoms with Gasteiger partial charge in [0.25, 0.3) is 0 Å². The minimum atomic E-state index is 0.210. The number of hydrogen-bond acceptors (Lipinski definition) is 2. The average molecular weight is 311 g/mol. The standard InChI is InChI=1S/C21H29NO/c1-20-10-7-17-16-6-4-15(22)13-14(16)3-5-18(17)19(20)8-11-21(20)9-2-12-23-21/h3,5,13,16-19,22H,2,4,6-12H2,1H3/t16-,17?,18?,19?,20-,21-/m0/s1. The van der Waals surface area contributed by atoms with E-state index in [1.165, 1.54) is 50.5 Å². The molecule has 0 amide bonds. The summed E-state index contributed by atoms with van der Waals surface area (Å²) < 4.78 is 6.41. The summed E-state index contributed by atoms with van der Waals surface area (Å²) in [6.45, 7) is 3.55. The second-order valence-corrected chi connectivity index (χ2v) is 8.96. The molecule has 2 nitrogen and oxygen atoms in total. The highest BCUT2D eigenvalue weighted by molar-refractivity contribution is 5.94. The van der Waals surface area contributed by atoms with Crippen LogP contribution in [-0.2, 0) is 4.74 Å². The first-order chi connectivity index (χ1) is 11.1. The molecule has 0 aromatic heterocycles. The van der Waals surface area contributed by atoms with Crippen LogP contribution in [0.1, 0.15) is 58.3 Å². The van der Waals surface area contributed by atoms with Crippen molar-refractivity contribution in [2.45, 2.75) is 63.9 Å². The molecule has 0 bridgehead atoms. The third kappa shape index (κ3) is 1.82. The molecule has 2 heteroatoms. The van der Waals surface area contributed by atoms with Crippen LogP contribution in [0.3, 0.4) is 0 Å². The van der Waals surface area contributed by atoms with Crippen molar-refractivity contribution in [3.05, 3.63) is 23.8 Å². The van der Waals surface area contributed by atoms with Gasteiger partial charge < -0.3 is 10.1 Å². The summed E-state index contributed by atoms with van der Waals surface area (Å²) in [5, 5.41) is 7.97. The van der Waals surface area contributed by atoms with Gasteiger partial charge in [0, 0.05) is 12.3 Å². The summed E-state index contributed by atoms with van der Waals surface area (Å²) in [5.41, 5.74) is 2.90. The lowest BCUT2D eigenvalue weighted by atomic mass is 9.52. The molecule has 2 saturated carbocycles. The predicted molar refractivity (Wildman–Crippen MR) is 92.6 cm³/mol. The van der Waals surface area contributed by atoms with Gasteiger partial charge in [-0.15, -0.1) is 0 Å². The number of rotatable bonds is 0. The Hall–Kier alpha value is -0.890. The van der Waals surface area contributed by atoms with Gasteiger partial charge in [-0.3, -0.25) is 0 Å². The maximum atomic E-state index is 7.97. The van der Waals surface area contributed by atoms with E-state index in [4.69, 9.17) is 10.1 Å². The number of allylic oxidation sites excluding steroid dienone is 4. The van der Waals surface area contributed by atoms with Crippen molar-refractivity contribution in [1.29, 1.82) is 5.41 Å². The zero-order chi connectivity index (χ0) is 15.7. The summed E-state index contributed by atoms with van der Waals surface area (Å²) in [5.74, 6) is 3.13. The van der Waals surface area contributed by atoms with Gasteiger partial charge in [0.05, 0.1) is 5.60 Å². The Morgan fingerprint density at radius 3 is 2.91 bits per heavy atom. The van der Waals surface area contributed by atoms with Gasteiger partial charge in [-0.25, -0.2) is 0 Å². The van der Waals surface area contributed by atoms with Crippen molar-refractivity contribution >= 4 is 5.71 Å². The molecule has 3 unspecified atom stereocenters. The number of fused-ring (bicyclic) bond motifs is 6. The molecular weight excluding hydrogens is 282 g/mol. The van der Waals surface area contributed by atoms with Crippen LogP contribution >= 0.6 is 0 Å². The Morgan fingerprint density at radius 2 is 2.09 bits per heavy atom. The van der Waals surface area contributed by atoms with E-state index in [0.717, 1.165) is 42.4 Å². The number of ether oxygens (including phenoxy) is 1. The molecule has 0 radical (unpaired) electrons. The summed E-state index contributed by atoms with van der Waals surface area (Å²) in [6.07, 6.45) is 17.2. The molecule has 6 atom stereocenters. The van der Waals surface area contributed by atoms with Crippen LogP contribution in [-0.4, -0.2) is 17.9 Å². The van der Waals surface area contributed by atoms with E-state index < -0.39 is 0 Å². The molecule has 5 aliphatic rings. The van der Waals surface area contributed by atoms with E-state index in [-0.39, 0.29) is 5.60 Å². The lowest BCUT2D eigenvalue weighted by Gasteiger charge is -2.54. The van der Waals surface area contributed by atoms with Crippen LogP contribution in [0.2, 0.25) is 0 Å². The minimum absolute atomic E-state index is 0.210. The normalized spacial score (nSPS) is 51.3. The largest absolute Gasteiger partial charge is 0.374 e. The van der Waals surface area contributed by atoms with Crippen molar-refractivity contribution in [2.24, 2.45) is 29.1 Å². The molecule has 1 spiro atoms. The molecular formula is C21H29NO. The first kappa shape index (κ1) is 14.5. The van der Waals surface area contributed by atoms with E-state index in [1.807, 2.05) is 0 Å². The van der Waals surface area contributed by atoms with Gasteiger partial charge in [0.15, 0.2) is 0 Å². The summed E-state index contributed by atoms with van der Waals surface area (Å²) in [4.78, 5) is 0. The van der Waals surface area contributed by atoms with E-state index in [1.54, 1.807) is 0 Å². The van der Waals surface area contributed by atoms with Crippen molar-refractivity contribution in [1.82, 2.24) is 0 Å². The maximum Gasteiger partial charge on any atom is 0.0739 e. The lowest BCUT2D eigenvalue weighted by molar-refractivity contribution is -0.117. The maximum absolute atomic E-state index is 7.97. The number of nitrogens with one attached hydrogen (secondary N) is 1. The zero-order valence-corrected chi connectivity index (χ0v) is 14.3. The predicted octanol–water partition coefficient (Wildman–Crippen LogP) is 4.90. The Labute approximate surface area is 139 Å². The van der Waals surface area contributed by atoms with Crippen molar-refractivity contribution in [3.8, 4) is 0 Å². The topological polar surface area (TPSA) is 33.1 Å². The first-order valence-electron chi connectivity index (χ1n) is 9.74. The van der Waals surface area contributed by atoms with Gasteiger partial charge in [-0.1, -0.05) is 19.1 Å². The molecule has 23 heavy (non-hydrogen) atoms. The quantitative estimate of drug-likeness (QED) is 0.678. The summed E-state index contributed by atoms with van der Waals surface area (Å²) in [6, 6.07) is 0. The van der Waals surface area contributed by atoms with Gasteiger partial charge in [0.2, 0.25) is 0 Å². The molecule has 0 aromatic carbocycles. The van der Waals surface area contributed by atoms with Crippen LogP contribution in [0, 0.1) is 34.5 Å².